The van der Waals surface area contributed by atoms with Gasteiger partial charge in [-0.1, -0.05) is 18.2 Å². The number of fused-ring (bicyclic) bond motifs is 1. The van der Waals surface area contributed by atoms with Crippen molar-refractivity contribution in [3.05, 3.63) is 36.0 Å². The summed E-state index contributed by atoms with van der Waals surface area (Å²) in [6, 6.07) is 5.39. The summed E-state index contributed by atoms with van der Waals surface area (Å²) >= 11 is 0. The van der Waals surface area contributed by atoms with Crippen molar-refractivity contribution in [3.63, 3.8) is 0 Å². The lowest BCUT2D eigenvalue weighted by atomic mass is 10.0. The second kappa shape index (κ2) is 7.60. The van der Waals surface area contributed by atoms with E-state index in [2.05, 4.69) is 10.3 Å². The minimum Gasteiger partial charge on any atom is -0.480 e. The maximum Gasteiger partial charge on any atom is 0.326 e. The molecule has 0 spiro atoms. The smallest absolute Gasteiger partial charge is 0.326 e. The van der Waals surface area contributed by atoms with Crippen LogP contribution in [0, 0.1) is 0 Å². The van der Waals surface area contributed by atoms with Crippen molar-refractivity contribution < 1.29 is 19.5 Å². The number of aromatic amines is 1. The van der Waals surface area contributed by atoms with E-state index in [1.807, 2.05) is 24.3 Å². The van der Waals surface area contributed by atoms with Crippen LogP contribution in [0.3, 0.4) is 0 Å². The van der Waals surface area contributed by atoms with Crippen molar-refractivity contribution in [2.24, 2.45) is 11.5 Å². The summed E-state index contributed by atoms with van der Waals surface area (Å²) in [6.07, 6.45) is 1.88. The van der Waals surface area contributed by atoms with Crippen LogP contribution in [-0.4, -0.2) is 40.0 Å². The SMILES string of the molecule is NC(=O)CC[C@@H](N)C(=O)N[C@H](Cc1c[nH]c2ccccc12)C(=O)O. The Morgan fingerprint density at radius 3 is 2.62 bits per heavy atom. The topological polar surface area (TPSA) is 151 Å². The molecule has 0 saturated heterocycles. The van der Waals surface area contributed by atoms with Gasteiger partial charge in [0.25, 0.3) is 0 Å². The van der Waals surface area contributed by atoms with Gasteiger partial charge in [0, 0.05) is 29.9 Å². The Morgan fingerprint density at radius 1 is 1.25 bits per heavy atom. The molecule has 7 N–H and O–H groups in total. The molecule has 8 nitrogen and oxygen atoms in total. The molecular weight excluding hydrogens is 312 g/mol. The van der Waals surface area contributed by atoms with Crippen molar-refractivity contribution in [2.75, 3.05) is 0 Å². The molecule has 0 radical (unpaired) electrons. The van der Waals surface area contributed by atoms with Crippen molar-refractivity contribution in [1.82, 2.24) is 10.3 Å². The summed E-state index contributed by atoms with van der Waals surface area (Å²) in [7, 11) is 0. The number of carboxylic acids is 1. The first-order chi connectivity index (χ1) is 11.4. The van der Waals surface area contributed by atoms with E-state index in [1.54, 1.807) is 6.20 Å². The van der Waals surface area contributed by atoms with E-state index in [0.717, 1.165) is 16.5 Å². The highest BCUT2D eigenvalue weighted by Crippen LogP contribution is 2.19. The number of rotatable bonds is 8. The molecular formula is C16H20N4O4. The number of carbonyl (C=O) groups is 3. The van der Waals surface area contributed by atoms with Gasteiger partial charge in [-0.25, -0.2) is 4.79 Å². The van der Waals surface area contributed by atoms with Crippen LogP contribution in [0.4, 0.5) is 0 Å². The molecule has 1 aromatic carbocycles. The number of hydrogen-bond donors (Lipinski definition) is 5. The lowest BCUT2D eigenvalue weighted by molar-refractivity contribution is -0.142. The molecule has 2 amide bonds. The molecule has 8 heteroatoms. The summed E-state index contributed by atoms with van der Waals surface area (Å²) in [5, 5.41) is 12.7. The number of carboxylic acid groups (broad SMARTS) is 1. The van der Waals surface area contributed by atoms with Crippen LogP contribution >= 0.6 is 0 Å². The van der Waals surface area contributed by atoms with Gasteiger partial charge in [-0.05, 0) is 18.1 Å². The van der Waals surface area contributed by atoms with Crippen LogP contribution < -0.4 is 16.8 Å². The Labute approximate surface area is 138 Å². The molecule has 128 valence electrons. The fourth-order valence-corrected chi connectivity index (χ4v) is 2.43. The first kappa shape index (κ1) is 17.5. The molecule has 1 aromatic heterocycles. The molecule has 24 heavy (non-hydrogen) atoms. The van der Waals surface area contributed by atoms with Gasteiger partial charge in [-0.15, -0.1) is 0 Å². The van der Waals surface area contributed by atoms with Crippen LogP contribution in [0.25, 0.3) is 10.9 Å². The van der Waals surface area contributed by atoms with Crippen LogP contribution in [0.5, 0.6) is 0 Å². The number of nitrogens with one attached hydrogen (secondary N) is 2. The standard InChI is InChI=1S/C16H20N4O4/c17-11(5-6-14(18)21)15(22)20-13(16(23)24)7-9-8-19-12-4-2-1-3-10(9)12/h1-4,8,11,13,19H,5-7,17H2,(H2,18,21)(H,20,22)(H,23,24)/t11-,13-/m1/s1. The summed E-state index contributed by atoms with van der Waals surface area (Å²) < 4.78 is 0. The number of primary amides is 1. The molecule has 1 heterocycles. The zero-order valence-corrected chi connectivity index (χ0v) is 13.0. The van der Waals surface area contributed by atoms with Crippen LogP contribution in [0.15, 0.2) is 30.5 Å². The third kappa shape index (κ3) is 4.32. The van der Waals surface area contributed by atoms with Gasteiger partial charge in [-0.2, -0.15) is 0 Å². The average molecular weight is 332 g/mol. The lowest BCUT2D eigenvalue weighted by Crippen LogP contribution is -2.49. The molecule has 0 aliphatic rings. The Balaban J connectivity index is 2.05. The summed E-state index contributed by atoms with van der Waals surface area (Å²) in [4.78, 5) is 37.2. The van der Waals surface area contributed by atoms with E-state index in [0.29, 0.717) is 0 Å². The third-order valence-corrected chi connectivity index (χ3v) is 3.75. The van der Waals surface area contributed by atoms with E-state index in [-0.39, 0.29) is 19.3 Å². The summed E-state index contributed by atoms with van der Waals surface area (Å²) in [6.45, 7) is 0. The second-order valence-electron chi connectivity index (χ2n) is 5.57. The van der Waals surface area contributed by atoms with E-state index < -0.39 is 29.9 Å². The number of H-pyrrole nitrogens is 1. The maximum atomic E-state index is 12.0. The van der Waals surface area contributed by atoms with Gasteiger partial charge in [0.05, 0.1) is 6.04 Å². The molecule has 0 unspecified atom stereocenters. The monoisotopic (exact) mass is 332 g/mol. The van der Waals surface area contributed by atoms with E-state index >= 15 is 0 Å². The summed E-state index contributed by atoms with van der Waals surface area (Å²) in [5.41, 5.74) is 12.3. The molecule has 0 bridgehead atoms. The number of para-hydroxylation sites is 1. The van der Waals surface area contributed by atoms with Gasteiger partial charge in [0.2, 0.25) is 11.8 Å². The normalized spacial score (nSPS) is 13.4. The molecule has 0 aliphatic heterocycles. The minimum absolute atomic E-state index is 0.0330. The molecule has 2 atom stereocenters. The zero-order valence-electron chi connectivity index (χ0n) is 13.0. The Kier molecular flexibility index (Phi) is 5.54. The molecule has 0 fully saturated rings. The van der Waals surface area contributed by atoms with Crippen molar-refractivity contribution >= 4 is 28.7 Å². The first-order valence-corrected chi connectivity index (χ1v) is 7.50. The second-order valence-corrected chi connectivity index (χ2v) is 5.57. The maximum absolute atomic E-state index is 12.0. The van der Waals surface area contributed by atoms with Crippen LogP contribution in [0.1, 0.15) is 18.4 Å². The zero-order chi connectivity index (χ0) is 17.7. The molecule has 0 saturated carbocycles. The van der Waals surface area contributed by atoms with Gasteiger partial charge >= 0.3 is 5.97 Å². The van der Waals surface area contributed by atoms with Gasteiger partial charge in [0.1, 0.15) is 6.04 Å². The fraction of sp³-hybridized carbons (Fsp3) is 0.312. The molecule has 0 aliphatic carbocycles. The lowest BCUT2D eigenvalue weighted by Gasteiger charge is -2.17. The van der Waals surface area contributed by atoms with Crippen LogP contribution in [0.2, 0.25) is 0 Å². The predicted molar refractivity (Wildman–Crippen MR) is 88.0 cm³/mol. The number of benzene rings is 1. The molecule has 2 rings (SSSR count). The highest BCUT2D eigenvalue weighted by atomic mass is 16.4. The Morgan fingerprint density at radius 2 is 1.96 bits per heavy atom. The number of hydrogen-bond acceptors (Lipinski definition) is 4. The van der Waals surface area contributed by atoms with Gasteiger partial charge in [-0.3, -0.25) is 9.59 Å². The highest BCUT2D eigenvalue weighted by molar-refractivity contribution is 5.88. The third-order valence-electron chi connectivity index (χ3n) is 3.75. The van der Waals surface area contributed by atoms with E-state index in [9.17, 15) is 19.5 Å². The predicted octanol–water partition coefficient (Wildman–Crippen LogP) is -0.127. The van der Waals surface area contributed by atoms with E-state index in [1.165, 1.54) is 0 Å². The van der Waals surface area contributed by atoms with Gasteiger partial charge < -0.3 is 26.9 Å². The van der Waals surface area contributed by atoms with E-state index in [4.69, 9.17) is 11.5 Å². The average Bonchev–Trinajstić information content (AvgIpc) is 2.94. The quantitative estimate of drug-likeness (QED) is 0.456. The first-order valence-electron chi connectivity index (χ1n) is 7.50. The van der Waals surface area contributed by atoms with Crippen molar-refractivity contribution in [1.29, 1.82) is 0 Å². The van der Waals surface area contributed by atoms with Crippen molar-refractivity contribution in [3.8, 4) is 0 Å². The number of aromatic nitrogens is 1. The highest BCUT2D eigenvalue weighted by Gasteiger charge is 2.24. The number of carbonyl (C=O) groups excluding carboxylic acids is 2. The fourth-order valence-electron chi connectivity index (χ4n) is 2.43. The largest absolute Gasteiger partial charge is 0.480 e. The minimum atomic E-state index is -1.16. The van der Waals surface area contributed by atoms with Crippen LogP contribution in [-0.2, 0) is 20.8 Å². The Hall–Kier alpha value is -2.87. The van der Waals surface area contributed by atoms with Gasteiger partial charge in [0.15, 0.2) is 0 Å². The number of aliphatic carboxylic acids is 1. The number of amides is 2. The summed E-state index contributed by atoms with van der Waals surface area (Å²) in [5.74, 6) is -2.34. The number of nitrogens with two attached hydrogens (primary N) is 2. The molecule has 2 aromatic rings. The Bertz CT molecular complexity index is 755. The van der Waals surface area contributed by atoms with Crippen molar-refractivity contribution in [2.45, 2.75) is 31.3 Å².